The van der Waals surface area contributed by atoms with E-state index in [1.807, 2.05) is 19.0 Å². The quantitative estimate of drug-likeness (QED) is 0.301. The number of likely N-dealkylation sites (tertiary alicyclic amines) is 1. The van der Waals surface area contributed by atoms with E-state index in [1.54, 1.807) is 66.7 Å². The molecule has 11 heteroatoms. The van der Waals surface area contributed by atoms with Crippen molar-refractivity contribution in [2.75, 3.05) is 52.2 Å². The number of nitrogens with zero attached hydrogens (tertiary/aromatic N) is 2. The molecule has 10 nitrogen and oxygen atoms in total. The number of methoxy groups -OCH3 is 2. The molecule has 222 valence electrons. The number of likely N-dealkylation sites (N-methyl/N-ethyl adjacent to an activating group) is 1. The number of esters is 1. The van der Waals surface area contributed by atoms with E-state index in [-0.39, 0.29) is 31.0 Å². The number of halogens is 1. The van der Waals surface area contributed by atoms with E-state index < -0.39 is 12.0 Å². The summed E-state index contributed by atoms with van der Waals surface area (Å²) < 4.78 is 16.2. The van der Waals surface area contributed by atoms with Gasteiger partial charge >= 0.3 is 12.0 Å². The van der Waals surface area contributed by atoms with Crippen molar-refractivity contribution in [3.63, 3.8) is 0 Å². The van der Waals surface area contributed by atoms with E-state index >= 15 is 0 Å². The van der Waals surface area contributed by atoms with E-state index in [9.17, 15) is 14.4 Å². The maximum Gasteiger partial charge on any atom is 0.337 e. The van der Waals surface area contributed by atoms with Crippen LogP contribution in [0.4, 0.5) is 16.2 Å². The van der Waals surface area contributed by atoms with Crippen molar-refractivity contribution in [1.29, 1.82) is 0 Å². The molecule has 1 aliphatic rings. The molecular weight excluding hydrogens is 560 g/mol. The molecule has 3 aromatic carbocycles. The minimum absolute atomic E-state index is 0.0585. The number of hydrogen-bond acceptors (Lipinski definition) is 8. The third-order valence-electron chi connectivity index (χ3n) is 7.17. The molecule has 0 spiro atoms. The average molecular weight is 595 g/mol. The van der Waals surface area contributed by atoms with Gasteiger partial charge in [0, 0.05) is 19.0 Å². The normalized spacial score (nSPS) is 16.6. The molecule has 2 amide bonds. The lowest BCUT2D eigenvalue weighted by Gasteiger charge is -2.24. The van der Waals surface area contributed by atoms with Crippen molar-refractivity contribution < 1.29 is 28.6 Å². The van der Waals surface area contributed by atoms with Gasteiger partial charge in [-0.1, -0.05) is 29.8 Å². The number of rotatable bonds is 11. The Labute approximate surface area is 250 Å². The zero-order valence-electron chi connectivity index (χ0n) is 24.1. The Balaban J connectivity index is 1.40. The largest absolute Gasteiger partial charge is 0.495 e. The Morgan fingerprint density at radius 1 is 0.976 bits per heavy atom. The van der Waals surface area contributed by atoms with Gasteiger partial charge in [0.1, 0.15) is 18.2 Å². The van der Waals surface area contributed by atoms with Gasteiger partial charge < -0.3 is 29.7 Å². The van der Waals surface area contributed by atoms with Gasteiger partial charge in [0.15, 0.2) is 5.78 Å². The summed E-state index contributed by atoms with van der Waals surface area (Å²) in [6.07, 6.45) is 0.868. The van der Waals surface area contributed by atoms with Gasteiger partial charge in [0.25, 0.3) is 0 Å². The van der Waals surface area contributed by atoms with Crippen LogP contribution in [0.15, 0.2) is 66.7 Å². The molecule has 0 saturated carbocycles. The highest BCUT2D eigenvalue weighted by molar-refractivity contribution is 6.33. The molecule has 1 aliphatic heterocycles. The Morgan fingerprint density at radius 3 is 2.36 bits per heavy atom. The molecule has 0 unspecified atom stereocenters. The number of ketones is 1. The number of amides is 2. The number of ether oxygens (including phenoxy) is 3. The van der Waals surface area contributed by atoms with Crippen LogP contribution in [0.5, 0.6) is 11.5 Å². The zero-order valence-corrected chi connectivity index (χ0v) is 24.8. The van der Waals surface area contributed by atoms with Gasteiger partial charge in [-0.3, -0.25) is 9.69 Å². The molecule has 0 aliphatic carbocycles. The highest BCUT2D eigenvalue weighted by atomic mass is 35.5. The standard InChI is InChI=1S/C31H35ClN4O6/c1-35(2)22-17-27(36(18-22)19-42-23-12-10-21(11-13-23)30(38)41-4)28(37)15-20-9-14-26(29(16-20)40-3)34-31(39)33-25-8-6-5-7-24(25)32/h5-14,16,22,27H,15,17-19H2,1-4H3,(H2,33,34,39)/t22-,27+/m1/s1. The van der Waals surface area contributed by atoms with Crippen LogP contribution >= 0.6 is 11.6 Å². The first-order chi connectivity index (χ1) is 20.2. The Morgan fingerprint density at radius 2 is 1.69 bits per heavy atom. The van der Waals surface area contributed by atoms with Gasteiger partial charge in [0.05, 0.1) is 42.2 Å². The van der Waals surface area contributed by atoms with Crippen LogP contribution in [0, 0.1) is 0 Å². The number of nitrogens with one attached hydrogen (secondary N) is 2. The van der Waals surface area contributed by atoms with Gasteiger partial charge in [-0.2, -0.15) is 0 Å². The van der Waals surface area contributed by atoms with Crippen molar-refractivity contribution in [1.82, 2.24) is 9.80 Å². The molecule has 4 rings (SSSR count). The Bertz CT molecular complexity index is 1410. The minimum atomic E-state index is -0.471. The summed E-state index contributed by atoms with van der Waals surface area (Å²) in [5, 5.41) is 5.91. The van der Waals surface area contributed by atoms with Crippen molar-refractivity contribution in [2.45, 2.75) is 24.9 Å². The number of para-hydroxylation sites is 1. The van der Waals surface area contributed by atoms with Crippen LogP contribution in [-0.2, 0) is 16.0 Å². The van der Waals surface area contributed by atoms with Crippen LogP contribution in [0.2, 0.25) is 5.02 Å². The van der Waals surface area contributed by atoms with Crippen molar-refractivity contribution >= 4 is 40.8 Å². The number of anilines is 2. The predicted octanol–water partition coefficient (Wildman–Crippen LogP) is 4.93. The topological polar surface area (TPSA) is 109 Å². The minimum Gasteiger partial charge on any atom is -0.495 e. The van der Waals surface area contributed by atoms with Crippen LogP contribution in [0.1, 0.15) is 22.3 Å². The molecule has 42 heavy (non-hydrogen) atoms. The lowest BCUT2D eigenvalue weighted by molar-refractivity contribution is -0.123. The second kappa shape index (κ2) is 14.2. The van der Waals surface area contributed by atoms with E-state index in [2.05, 4.69) is 15.5 Å². The van der Waals surface area contributed by atoms with Crippen LogP contribution < -0.4 is 20.1 Å². The predicted molar refractivity (Wildman–Crippen MR) is 162 cm³/mol. The van der Waals surface area contributed by atoms with Gasteiger partial charge in [-0.15, -0.1) is 0 Å². The first-order valence-corrected chi connectivity index (χ1v) is 13.8. The molecule has 0 radical (unpaired) electrons. The summed E-state index contributed by atoms with van der Waals surface area (Å²) in [7, 11) is 6.84. The summed E-state index contributed by atoms with van der Waals surface area (Å²) in [6.45, 7) is 0.904. The second-order valence-electron chi connectivity index (χ2n) is 10.2. The van der Waals surface area contributed by atoms with Crippen LogP contribution in [-0.4, -0.2) is 81.3 Å². The number of carbonyl (C=O) groups excluding carboxylic acids is 3. The summed E-state index contributed by atoms with van der Waals surface area (Å²) in [6, 6.07) is 18.3. The summed E-state index contributed by atoms with van der Waals surface area (Å²) in [5.74, 6) is 0.668. The number of benzene rings is 3. The maximum absolute atomic E-state index is 13.6. The molecule has 2 atom stereocenters. The van der Waals surface area contributed by atoms with Gasteiger partial charge in [0.2, 0.25) is 0 Å². The van der Waals surface area contributed by atoms with Crippen molar-refractivity contribution in [2.24, 2.45) is 0 Å². The summed E-state index contributed by atoms with van der Waals surface area (Å²) >= 11 is 6.13. The monoisotopic (exact) mass is 594 g/mol. The third-order valence-corrected chi connectivity index (χ3v) is 7.50. The zero-order chi connectivity index (χ0) is 30.2. The van der Waals surface area contributed by atoms with Crippen LogP contribution in [0.25, 0.3) is 0 Å². The summed E-state index contributed by atoms with van der Waals surface area (Å²) in [5.41, 5.74) is 2.14. The number of urea groups is 1. The molecule has 0 aromatic heterocycles. The highest BCUT2D eigenvalue weighted by Gasteiger charge is 2.37. The third kappa shape index (κ3) is 7.79. The number of carbonyl (C=O) groups is 3. The van der Waals surface area contributed by atoms with Gasteiger partial charge in [-0.05, 0) is 74.6 Å². The number of Topliss-reactive ketones (excluding diaryl/α,β-unsaturated/α-hetero) is 1. The van der Waals surface area contributed by atoms with Crippen molar-refractivity contribution in [3.05, 3.63) is 82.9 Å². The van der Waals surface area contributed by atoms with E-state index in [0.717, 1.165) is 5.56 Å². The average Bonchev–Trinajstić information content (AvgIpc) is 3.43. The Kier molecular flexibility index (Phi) is 10.4. The van der Waals surface area contributed by atoms with Gasteiger partial charge in [-0.25, -0.2) is 9.59 Å². The lowest BCUT2D eigenvalue weighted by Crippen LogP contribution is -2.39. The first kappa shape index (κ1) is 30.8. The molecule has 1 fully saturated rings. The summed E-state index contributed by atoms with van der Waals surface area (Å²) in [4.78, 5) is 42.0. The van der Waals surface area contributed by atoms with E-state index in [0.29, 0.717) is 46.4 Å². The highest BCUT2D eigenvalue weighted by Crippen LogP contribution is 2.29. The van der Waals surface area contributed by atoms with E-state index in [4.69, 9.17) is 25.8 Å². The molecule has 2 N–H and O–H groups in total. The second-order valence-corrected chi connectivity index (χ2v) is 10.6. The number of hydrogen-bond donors (Lipinski definition) is 2. The fraction of sp³-hybridized carbons (Fsp3) is 0.323. The molecule has 0 bridgehead atoms. The molecule has 1 saturated heterocycles. The van der Waals surface area contributed by atoms with E-state index in [1.165, 1.54) is 14.2 Å². The van der Waals surface area contributed by atoms with Crippen LogP contribution in [0.3, 0.4) is 0 Å². The first-order valence-electron chi connectivity index (χ1n) is 13.4. The fourth-order valence-corrected chi connectivity index (χ4v) is 4.98. The lowest BCUT2D eigenvalue weighted by atomic mass is 10.0. The maximum atomic E-state index is 13.6. The van der Waals surface area contributed by atoms with Crippen molar-refractivity contribution in [3.8, 4) is 11.5 Å². The molecule has 3 aromatic rings. The Hall–Kier alpha value is -4.12. The SMILES string of the molecule is COC(=O)c1ccc(OCN2C[C@H](N(C)C)C[C@H]2C(=O)Cc2ccc(NC(=O)Nc3ccccc3Cl)c(OC)c2)cc1. The molecular formula is C31H35ClN4O6. The molecule has 1 heterocycles. The smallest absolute Gasteiger partial charge is 0.337 e. The fourth-order valence-electron chi connectivity index (χ4n) is 4.80.